The molecule has 110 valence electrons. The first-order valence-electron chi connectivity index (χ1n) is 5.88. The number of hydrogen-bond acceptors (Lipinski definition) is 5. The lowest BCUT2D eigenvalue weighted by Gasteiger charge is -2.10. The Kier molecular flexibility index (Phi) is 4.63. The van der Waals surface area contributed by atoms with Gasteiger partial charge in [-0.15, -0.1) is 0 Å². The molecule has 0 saturated heterocycles. The molecule has 0 fully saturated rings. The van der Waals surface area contributed by atoms with Gasteiger partial charge in [-0.3, -0.25) is 0 Å². The second-order valence-electron chi connectivity index (χ2n) is 4.20. The molecule has 1 unspecified atom stereocenters. The summed E-state index contributed by atoms with van der Waals surface area (Å²) in [6, 6.07) is 1.02. The van der Waals surface area contributed by atoms with Crippen molar-refractivity contribution in [1.29, 1.82) is 0 Å². The van der Waals surface area contributed by atoms with Crippen LogP contribution in [0.25, 0.3) is 0 Å². The Hall–Kier alpha value is -1.16. The summed E-state index contributed by atoms with van der Waals surface area (Å²) in [6.45, 7) is 2.15. The van der Waals surface area contributed by atoms with E-state index in [1.807, 2.05) is 0 Å². The zero-order chi connectivity index (χ0) is 14.8. The zero-order valence-electron chi connectivity index (χ0n) is 11.0. The number of halogens is 1. The molecule has 0 aliphatic rings. The third-order valence-corrected chi connectivity index (χ3v) is 5.01. The number of sulfonamides is 1. The number of aromatic nitrogens is 2. The Morgan fingerprint density at radius 2 is 2.30 bits per heavy atom. The summed E-state index contributed by atoms with van der Waals surface area (Å²) in [5.74, 6) is 1.08. The molecular formula is C11H15BrN4O3S. The highest BCUT2D eigenvalue weighted by Gasteiger charge is 2.25. The summed E-state index contributed by atoms with van der Waals surface area (Å²) in [5.41, 5.74) is 0. The molecule has 0 radical (unpaired) electrons. The lowest BCUT2D eigenvalue weighted by atomic mass is 10.3. The Bertz CT molecular complexity index is 666. The largest absolute Gasteiger partial charge is 0.452 e. The van der Waals surface area contributed by atoms with Crippen LogP contribution >= 0.6 is 15.9 Å². The summed E-state index contributed by atoms with van der Waals surface area (Å²) in [6.07, 6.45) is 3.21. The van der Waals surface area contributed by atoms with Crippen molar-refractivity contribution < 1.29 is 12.8 Å². The van der Waals surface area contributed by atoms with E-state index in [0.29, 0.717) is 18.1 Å². The average Bonchev–Trinajstić information content (AvgIpc) is 2.98. The molecule has 0 aliphatic heterocycles. The van der Waals surface area contributed by atoms with Crippen molar-refractivity contribution in [1.82, 2.24) is 20.0 Å². The van der Waals surface area contributed by atoms with Gasteiger partial charge in [-0.05, 0) is 29.9 Å². The maximum Gasteiger partial charge on any atom is 0.245 e. The van der Waals surface area contributed by atoms with E-state index < -0.39 is 16.1 Å². The van der Waals surface area contributed by atoms with Crippen LogP contribution in [0.4, 0.5) is 0 Å². The van der Waals surface area contributed by atoms with E-state index in [-0.39, 0.29) is 9.56 Å². The van der Waals surface area contributed by atoms with Crippen LogP contribution in [-0.4, -0.2) is 25.4 Å². The van der Waals surface area contributed by atoms with E-state index in [2.05, 4.69) is 35.9 Å². The smallest absolute Gasteiger partial charge is 0.245 e. The molecule has 9 heteroatoms. The topological polar surface area (TPSA) is 100 Å². The Balaban J connectivity index is 2.22. The van der Waals surface area contributed by atoms with E-state index >= 15 is 0 Å². The van der Waals surface area contributed by atoms with Gasteiger partial charge in [0.05, 0.1) is 12.6 Å². The molecule has 2 aromatic rings. The first kappa shape index (κ1) is 15.2. The number of nitrogens with zero attached hydrogens (tertiary/aromatic N) is 1. The van der Waals surface area contributed by atoms with Crippen molar-refractivity contribution in [3.05, 3.63) is 34.7 Å². The molecule has 0 bridgehead atoms. The Labute approximate surface area is 125 Å². The van der Waals surface area contributed by atoms with Crippen molar-refractivity contribution in [3.63, 3.8) is 0 Å². The molecule has 0 aromatic carbocycles. The maximum absolute atomic E-state index is 12.3. The number of nitrogens with one attached hydrogen (secondary N) is 3. The van der Waals surface area contributed by atoms with E-state index in [4.69, 9.17) is 4.42 Å². The minimum Gasteiger partial charge on any atom is -0.452 e. The van der Waals surface area contributed by atoms with Crippen molar-refractivity contribution >= 4 is 26.0 Å². The quantitative estimate of drug-likeness (QED) is 0.723. The van der Waals surface area contributed by atoms with E-state index in [0.717, 1.165) is 0 Å². The van der Waals surface area contributed by atoms with Gasteiger partial charge in [0.2, 0.25) is 10.0 Å². The SMILES string of the molecule is CNCc1cc(S(=O)(=O)NC(C)c2ncc[nH]2)c(Br)o1. The average molecular weight is 363 g/mol. The number of hydrogen-bond donors (Lipinski definition) is 3. The fourth-order valence-corrected chi connectivity index (χ4v) is 3.91. The van der Waals surface area contributed by atoms with Gasteiger partial charge in [0.15, 0.2) is 4.67 Å². The Morgan fingerprint density at radius 3 is 2.90 bits per heavy atom. The molecule has 0 aliphatic carbocycles. The molecule has 0 saturated carbocycles. The zero-order valence-corrected chi connectivity index (χ0v) is 13.4. The van der Waals surface area contributed by atoms with Crippen molar-refractivity contribution in [3.8, 4) is 0 Å². The van der Waals surface area contributed by atoms with Crippen LogP contribution < -0.4 is 10.0 Å². The summed E-state index contributed by atoms with van der Waals surface area (Å²) in [4.78, 5) is 6.96. The number of aromatic amines is 1. The first-order valence-corrected chi connectivity index (χ1v) is 8.16. The van der Waals surface area contributed by atoms with Gasteiger partial charge in [0, 0.05) is 18.5 Å². The van der Waals surface area contributed by atoms with Gasteiger partial charge >= 0.3 is 0 Å². The van der Waals surface area contributed by atoms with Gasteiger partial charge in [-0.1, -0.05) is 0 Å². The minimum absolute atomic E-state index is 0.0705. The predicted octanol–water partition coefficient (Wildman–Crippen LogP) is 1.52. The van der Waals surface area contributed by atoms with Crippen molar-refractivity contribution in [2.75, 3.05) is 7.05 Å². The predicted molar refractivity (Wildman–Crippen MR) is 76.5 cm³/mol. The number of H-pyrrole nitrogens is 1. The molecule has 1 atom stereocenters. The van der Waals surface area contributed by atoms with E-state index in [1.165, 1.54) is 6.07 Å². The monoisotopic (exact) mass is 362 g/mol. The molecule has 20 heavy (non-hydrogen) atoms. The highest BCUT2D eigenvalue weighted by Crippen LogP contribution is 2.27. The molecule has 2 rings (SSSR count). The number of imidazole rings is 1. The van der Waals surface area contributed by atoms with Crippen LogP contribution in [0.1, 0.15) is 24.6 Å². The van der Waals surface area contributed by atoms with Gasteiger partial charge < -0.3 is 14.7 Å². The Morgan fingerprint density at radius 1 is 1.55 bits per heavy atom. The fraction of sp³-hybridized carbons (Fsp3) is 0.364. The third-order valence-electron chi connectivity index (χ3n) is 2.61. The molecule has 3 N–H and O–H groups in total. The lowest BCUT2D eigenvalue weighted by Crippen LogP contribution is -2.27. The molecule has 2 aromatic heterocycles. The van der Waals surface area contributed by atoms with Crippen LogP contribution in [0, 0.1) is 0 Å². The molecule has 2 heterocycles. The van der Waals surface area contributed by atoms with E-state index in [9.17, 15) is 8.42 Å². The third kappa shape index (κ3) is 3.29. The van der Waals surface area contributed by atoms with Gasteiger partial charge in [-0.2, -0.15) is 0 Å². The number of furan rings is 1. The highest BCUT2D eigenvalue weighted by atomic mass is 79.9. The van der Waals surface area contributed by atoms with Crippen LogP contribution in [0.2, 0.25) is 0 Å². The van der Waals surface area contributed by atoms with Crippen LogP contribution in [0.3, 0.4) is 0 Å². The van der Waals surface area contributed by atoms with Crippen LogP contribution in [-0.2, 0) is 16.6 Å². The lowest BCUT2D eigenvalue weighted by molar-refractivity contribution is 0.469. The van der Waals surface area contributed by atoms with E-state index in [1.54, 1.807) is 26.4 Å². The molecule has 0 amide bonds. The molecule has 7 nitrogen and oxygen atoms in total. The van der Waals surface area contributed by atoms with Crippen molar-refractivity contribution in [2.24, 2.45) is 0 Å². The van der Waals surface area contributed by atoms with Crippen molar-refractivity contribution in [2.45, 2.75) is 24.4 Å². The fourth-order valence-electron chi connectivity index (χ4n) is 1.71. The minimum atomic E-state index is -3.69. The van der Waals surface area contributed by atoms with Crippen LogP contribution in [0.15, 0.2) is 32.4 Å². The van der Waals surface area contributed by atoms with Crippen LogP contribution in [0.5, 0.6) is 0 Å². The number of rotatable bonds is 6. The van der Waals surface area contributed by atoms with Gasteiger partial charge in [0.25, 0.3) is 0 Å². The van der Waals surface area contributed by atoms with Gasteiger partial charge in [0.1, 0.15) is 16.5 Å². The normalized spacial score (nSPS) is 13.6. The second kappa shape index (κ2) is 6.08. The standard InChI is InChI=1S/C11H15BrN4O3S/c1-7(11-14-3-4-15-11)16-20(17,18)9-5-8(6-13-2)19-10(9)12/h3-5,7,13,16H,6H2,1-2H3,(H,14,15). The molecule has 0 spiro atoms. The molecular weight excluding hydrogens is 348 g/mol. The van der Waals surface area contributed by atoms with Gasteiger partial charge in [-0.25, -0.2) is 18.1 Å². The highest BCUT2D eigenvalue weighted by molar-refractivity contribution is 9.10. The summed E-state index contributed by atoms with van der Waals surface area (Å²) in [7, 11) is -1.94. The first-order chi connectivity index (χ1) is 9.44. The summed E-state index contributed by atoms with van der Waals surface area (Å²) in [5, 5.41) is 2.89. The summed E-state index contributed by atoms with van der Waals surface area (Å²) < 4.78 is 32.7. The summed E-state index contributed by atoms with van der Waals surface area (Å²) >= 11 is 3.12. The second-order valence-corrected chi connectivity index (χ2v) is 6.60. The maximum atomic E-state index is 12.3.